The highest BCUT2D eigenvalue weighted by atomic mass is 16.5. The number of carbonyl (C=O) groups excluding carboxylic acids is 2. The zero-order valence-electron chi connectivity index (χ0n) is 37.2. The lowest BCUT2D eigenvalue weighted by molar-refractivity contribution is -0.151. The maximum atomic E-state index is 13.1. The fourth-order valence-corrected chi connectivity index (χ4v) is 6.81. The van der Waals surface area contributed by atoms with Gasteiger partial charge in [0.1, 0.15) is 6.10 Å². The lowest BCUT2D eigenvalue weighted by Gasteiger charge is -2.24. The number of amides is 1. The van der Waals surface area contributed by atoms with Crippen molar-refractivity contribution in [2.45, 2.75) is 232 Å². The van der Waals surface area contributed by atoms with Gasteiger partial charge in [-0.25, -0.2) is 0 Å². The molecule has 3 unspecified atom stereocenters. The highest BCUT2D eigenvalue weighted by Gasteiger charge is 2.24. The van der Waals surface area contributed by atoms with Crippen LogP contribution < -0.4 is 5.32 Å². The van der Waals surface area contributed by atoms with E-state index >= 15 is 0 Å². The maximum Gasteiger partial charge on any atom is 0.306 e. The van der Waals surface area contributed by atoms with E-state index in [1.54, 1.807) is 0 Å². The normalized spacial score (nSPS) is 14.0. The molecule has 0 fully saturated rings. The molecule has 3 N–H and O–H groups in total. The summed E-state index contributed by atoms with van der Waals surface area (Å²) in [5.41, 5.74) is 0. The molecule has 328 valence electrons. The first kappa shape index (κ1) is 54.3. The number of aliphatic hydroxyl groups excluding tert-OH is 2. The fourth-order valence-electron chi connectivity index (χ4n) is 6.81. The number of nitrogens with one attached hydrogen (secondary N) is 1. The van der Waals surface area contributed by atoms with Crippen LogP contribution in [0.3, 0.4) is 0 Å². The summed E-state index contributed by atoms with van der Waals surface area (Å²) in [6.07, 6.45) is 55.4. The first-order chi connectivity index (χ1) is 28.0. The molecular formula is C51H89NO5. The van der Waals surface area contributed by atoms with Gasteiger partial charge in [-0.05, 0) is 64.2 Å². The number of ether oxygens (including phenoxy) is 1. The fraction of sp³-hybridized carbons (Fsp3) is 0.725. The molecule has 6 nitrogen and oxygen atoms in total. The number of aliphatic hydroxyl groups is 2. The van der Waals surface area contributed by atoms with E-state index in [-0.39, 0.29) is 24.9 Å². The third-order valence-electron chi connectivity index (χ3n) is 10.4. The molecule has 0 aliphatic heterocycles. The molecular weight excluding hydrogens is 707 g/mol. The van der Waals surface area contributed by atoms with Crippen LogP contribution in [0.4, 0.5) is 0 Å². The quantitative estimate of drug-likeness (QED) is 0.0248. The van der Waals surface area contributed by atoms with E-state index in [1.807, 2.05) is 54.7 Å². The van der Waals surface area contributed by atoms with Crippen molar-refractivity contribution in [1.29, 1.82) is 0 Å². The Labute approximate surface area is 351 Å². The number of hydrogen-bond donors (Lipinski definition) is 3. The lowest BCUT2D eigenvalue weighted by Crippen LogP contribution is -2.46. The molecule has 0 radical (unpaired) electrons. The number of rotatable bonds is 41. The Hall–Kier alpha value is -2.70. The summed E-state index contributed by atoms with van der Waals surface area (Å²) in [6.45, 7) is 6.29. The van der Waals surface area contributed by atoms with Crippen LogP contribution in [0, 0.1) is 0 Å². The lowest BCUT2D eigenvalue weighted by atomic mass is 10.0. The molecule has 57 heavy (non-hydrogen) atoms. The van der Waals surface area contributed by atoms with Gasteiger partial charge in [-0.1, -0.05) is 209 Å². The van der Waals surface area contributed by atoms with Crippen molar-refractivity contribution in [2.75, 3.05) is 6.61 Å². The molecule has 0 aromatic heterocycles. The number of hydrogen-bond acceptors (Lipinski definition) is 5. The predicted molar refractivity (Wildman–Crippen MR) is 245 cm³/mol. The van der Waals surface area contributed by atoms with Gasteiger partial charge in [-0.15, -0.1) is 0 Å². The monoisotopic (exact) mass is 796 g/mol. The molecule has 0 aliphatic carbocycles. The van der Waals surface area contributed by atoms with Gasteiger partial charge in [-0.3, -0.25) is 9.59 Å². The van der Waals surface area contributed by atoms with Crippen molar-refractivity contribution in [3.63, 3.8) is 0 Å². The van der Waals surface area contributed by atoms with Crippen LogP contribution in [0.1, 0.15) is 213 Å². The molecule has 0 rings (SSSR count). The molecule has 0 spiro atoms. The van der Waals surface area contributed by atoms with Gasteiger partial charge in [0.15, 0.2) is 0 Å². The zero-order valence-corrected chi connectivity index (χ0v) is 37.2. The van der Waals surface area contributed by atoms with Gasteiger partial charge < -0.3 is 20.3 Å². The summed E-state index contributed by atoms with van der Waals surface area (Å²) in [5.74, 6) is -0.582. The number of carbonyl (C=O) groups is 2. The molecule has 3 atom stereocenters. The van der Waals surface area contributed by atoms with Gasteiger partial charge in [0.25, 0.3) is 0 Å². The summed E-state index contributed by atoms with van der Waals surface area (Å²) in [7, 11) is 0. The van der Waals surface area contributed by atoms with Crippen LogP contribution in [0.25, 0.3) is 0 Å². The summed E-state index contributed by atoms with van der Waals surface area (Å²) >= 11 is 0. The van der Waals surface area contributed by atoms with Crippen molar-refractivity contribution in [3.8, 4) is 0 Å². The van der Waals surface area contributed by atoms with Crippen molar-refractivity contribution >= 4 is 11.9 Å². The number of unbranched alkanes of at least 4 members (excludes halogenated alkanes) is 21. The van der Waals surface area contributed by atoms with Crippen LogP contribution in [0.15, 0.2) is 72.9 Å². The topological polar surface area (TPSA) is 95.9 Å². The first-order valence-corrected chi connectivity index (χ1v) is 23.7. The van der Waals surface area contributed by atoms with Crippen LogP contribution in [0.2, 0.25) is 0 Å². The van der Waals surface area contributed by atoms with Crippen LogP contribution in [0.5, 0.6) is 0 Å². The summed E-state index contributed by atoms with van der Waals surface area (Å²) < 4.78 is 5.86. The van der Waals surface area contributed by atoms with E-state index < -0.39 is 18.2 Å². The maximum absolute atomic E-state index is 13.1. The predicted octanol–water partition coefficient (Wildman–Crippen LogP) is 13.8. The Morgan fingerprint density at radius 1 is 0.526 bits per heavy atom. The largest absolute Gasteiger partial charge is 0.462 e. The Morgan fingerprint density at radius 2 is 0.965 bits per heavy atom. The van der Waals surface area contributed by atoms with Gasteiger partial charge in [0, 0.05) is 6.42 Å². The van der Waals surface area contributed by atoms with Crippen molar-refractivity contribution in [1.82, 2.24) is 5.32 Å². The molecule has 0 heterocycles. The first-order valence-electron chi connectivity index (χ1n) is 23.7. The minimum atomic E-state index is -0.804. The number of allylic oxidation sites excluding steroid dienone is 12. The zero-order chi connectivity index (χ0) is 41.7. The molecule has 1 amide bonds. The Kier molecular flexibility index (Phi) is 42.3. The molecule has 0 aromatic carbocycles. The van der Waals surface area contributed by atoms with E-state index in [1.165, 1.54) is 96.3 Å². The van der Waals surface area contributed by atoms with E-state index in [0.717, 1.165) is 64.2 Å². The summed E-state index contributed by atoms with van der Waals surface area (Å²) in [5, 5.41) is 23.6. The summed E-state index contributed by atoms with van der Waals surface area (Å²) in [6, 6.07) is -0.721. The second kappa shape index (κ2) is 44.4. The molecule has 0 saturated heterocycles. The molecule has 0 bridgehead atoms. The average Bonchev–Trinajstić information content (AvgIpc) is 3.20. The highest BCUT2D eigenvalue weighted by molar-refractivity contribution is 5.77. The average molecular weight is 796 g/mol. The SMILES string of the molecule is CC/C=C/C=C/C=C\C=C/C=C/CCCC(=O)OC(CCCCC/C=C/CCCCCCCCCCC)CC(=O)NC(CO)C(O)CCCCCCCCCCC. The minimum Gasteiger partial charge on any atom is -0.462 e. The molecule has 0 aliphatic rings. The highest BCUT2D eigenvalue weighted by Crippen LogP contribution is 2.16. The molecule has 0 aromatic rings. The van der Waals surface area contributed by atoms with E-state index in [4.69, 9.17) is 4.74 Å². The van der Waals surface area contributed by atoms with E-state index in [0.29, 0.717) is 25.7 Å². The smallest absolute Gasteiger partial charge is 0.306 e. The Bertz CT molecular complexity index is 1070. The van der Waals surface area contributed by atoms with Gasteiger partial charge in [-0.2, -0.15) is 0 Å². The Morgan fingerprint density at radius 3 is 1.49 bits per heavy atom. The van der Waals surface area contributed by atoms with Crippen molar-refractivity contribution < 1.29 is 24.5 Å². The third kappa shape index (κ3) is 39.9. The van der Waals surface area contributed by atoms with Gasteiger partial charge in [0.05, 0.1) is 25.2 Å². The standard InChI is InChI=1S/C51H89NO5/c1-4-7-10-13-16-19-21-23-24-25-27-28-31-33-36-39-42-47(57-51(56)44-41-38-35-32-29-26-22-20-17-14-11-8-5-2)45-50(55)52-48(46-53)49(54)43-40-37-34-30-18-15-12-9-6-3/h8,11,14,17,20,22,26-29,32,35,47-49,53-54H,4-7,9-10,12-13,15-16,18-19,21,23-25,30-31,33-34,36-46H2,1-3H3,(H,52,55)/b11-8+,17-14+,22-20-,28-27+,29-26-,35-32+. The Balaban J connectivity index is 4.74. The van der Waals surface area contributed by atoms with Crippen molar-refractivity contribution in [3.05, 3.63) is 72.9 Å². The summed E-state index contributed by atoms with van der Waals surface area (Å²) in [4.78, 5) is 26.0. The van der Waals surface area contributed by atoms with Crippen LogP contribution in [-0.2, 0) is 14.3 Å². The second-order valence-corrected chi connectivity index (χ2v) is 15.9. The molecule has 0 saturated carbocycles. The van der Waals surface area contributed by atoms with Gasteiger partial charge in [0.2, 0.25) is 5.91 Å². The van der Waals surface area contributed by atoms with Crippen LogP contribution >= 0.6 is 0 Å². The third-order valence-corrected chi connectivity index (χ3v) is 10.4. The molecule has 6 heteroatoms. The van der Waals surface area contributed by atoms with Crippen LogP contribution in [-0.4, -0.2) is 46.9 Å². The van der Waals surface area contributed by atoms with Crippen molar-refractivity contribution in [2.24, 2.45) is 0 Å². The number of esters is 1. The second-order valence-electron chi connectivity index (χ2n) is 15.9. The van der Waals surface area contributed by atoms with E-state index in [9.17, 15) is 19.8 Å². The minimum absolute atomic E-state index is 0.0356. The van der Waals surface area contributed by atoms with E-state index in [2.05, 4.69) is 44.3 Å². The van der Waals surface area contributed by atoms with Gasteiger partial charge >= 0.3 is 5.97 Å².